The summed E-state index contributed by atoms with van der Waals surface area (Å²) < 4.78 is 32.1. The van der Waals surface area contributed by atoms with Crippen LogP contribution in [0.4, 0.5) is 8.78 Å². The van der Waals surface area contributed by atoms with Crippen LogP contribution in [0.3, 0.4) is 0 Å². The topological polar surface area (TPSA) is 74.7 Å². The number of aromatic nitrogens is 1. The fourth-order valence-electron chi connectivity index (χ4n) is 5.13. The van der Waals surface area contributed by atoms with E-state index < -0.39 is 23.5 Å². The van der Waals surface area contributed by atoms with Crippen molar-refractivity contribution in [1.82, 2.24) is 15.2 Å². The number of ether oxygens (including phenoxy) is 1. The molecule has 1 fully saturated rings. The number of carboxylic acids is 1. The van der Waals surface area contributed by atoms with E-state index in [0.29, 0.717) is 13.1 Å². The molecule has 0 amide bonds. The highest BCUT2D eigenvalue weighted by Gasteiger charge is 2.34. The molecule has 0 radical (unpaired) electrons. The van der Waals surface area contributed by atoms with Gasteiger partial charge in [0.25, 0.3) is 0 Å². The number of carbonyl (C=O) groups is 1. The van der Waals surface area contributed by atoms with E-state index >= 15 is 0 Å². The van der Waals surface area contributed by atoms with Crippen molar-refractivity contribution >= 4 is 16.9 Å². The Morgan fingerprint density at radius 1 is 1.24 bits per heavy atom. The zero-order valence-corrected chi connectivity index (χ0v) is 21.0. The molecule has 4 rings (SSSR count). The van der Waals surface area contributed by atoms with Crippen LogP contribution in [0.2, 0.25) is 0 Å². The average molecular weight is 508 g/mol. The molecule has 8 heteroatoms. The van der Waals surface area contributed by atoms with Gasteiger partial charge in [-0.2, -0.15) is 0 Å². The number of nitrogens with one attached hydrogen (secondary N) is 1. The predicted octanol–water partition coefficient (Wildman–Crippen LogP) is 4.64. The highest BCUT2D eigenvalue weighted by Crippen LogP contribution is 2.33. The summed E-state index contributed by atoms with van der Waals surface area (Å²) in [6.07, 6.45) is 4.09. The highest BCUT2D eigenvalue weighted by molar-refractivity contribution is 5.84. The van der Waals surface area contributed by atoms with Crippen molar-refractivity contribution in [2.45, 2.75) is 25.3 Å². The molecule has 1 aliphatic rings. The van der Waals surface area contributed by atoms with Crippen molar-refractivity contribution in [2.75, 3.05) is 33.8 Å². The number of fused-ring (bicyclic) bond motifs is 1. The lowest BCUT2D eigenvalue weighted by Gasteiger charge is -2.36. The summed E-state index contributed by atoms with van der Waals surface area (Å²) in [6, 6.07) is 11.0. The zero-order chi connectivity index (χ0) is 26.4. The Labute approximate surface area is 215 Å². The maximum atomic E-state index is 13.4. The quantitative estimate of drug-likeness (QED) is 0.433. The number of hydrogen-bond donors (Lipinski definition) is 2. The molecule has 6 nitrogen and oxygen atoms in total. The fourth-order valence-corrected chi connectivity index (χ4v) is 5.13. The number of methoxy groups -OCH3 is 1. The van der Waals surface area contributed by atoms with Crippen LogP contribution in [0.25, 0.3) is 10.9 Å². The number of benzene rings is 2. The molecule has 194 valence electrons. The van der Waals surface area contributed by atoms with Crippen LogP contribution in [-0.4, -0.2) is 54.8 Å². The minimum absolute atomic E-state index is 0.0394. The Morgan fingerprint density at radius 2 is 2.03 bits per heavy atom. The van der Waals surface area contributed by atoms with Crippen LogP contribution < -0.4 is 10.1 Å². The van der Waals surface area contributed by atoms with E-state index in [1.165, 1.54) is 12.1 Å². The third-order valence-corrected chi connectivity index (χ3v) is 7.09. The summed E-state index contributed by atoms with van der Waals surface area (Å²) in [5.74, 6) is 3.85. The number of halogens is 2. The van der Waals surface area contributed by atoms with Gasteiger partial charge in [-0.25, -0.2) is 8.78 Å². The molecule has 0 saturated carbocycles. The van der Waals surface area contributed by atoms with Gasteiger partial charge in [0.1, 0.15) is 17.4 Å². The smallest absolute Gasteiger partial charge is 0.308 e. The molecule has 0 bridgehead atoms. The summed E-state index contributed by atoms with van der Waals surface area (Å²) in [6.45, 7) is 1.46. The lowest BCUT2D eigenvalue weighted by Crippen LogP contribution is -2.44. The van der Waals surface area contributed by atoms with E-state index in [0.717, 1.165) is 54.1 Å². The lowest BCUT2D eigenvalue weighted by molar-refractivity contribution is -0.146. The van der Waals surface area contributed by atoms with Crippen LogP contribution in [0.5, 0.6) is 5.75 Å². The second-order valence-electron chi connectivity index (χ2n) is 9.39. The van der Waals surface area contributed by atoms with Gasteiger partial charge in [0.15, 0.2) is 0 Å². The molecule has 0 spiro atoms. The summed E-state index contributed by atoms with van der Waals surface area (Å²) in [7, 11) is 3.55. The van der Waals surface area contributed by atoms with Gasteiger partial charge >= 0.3 is 5.97 Å². The second-order valence-corrected chi connectivity index (χ2v) is 9.39. The van der Waals surface area contributed by atoms with Crippen molar-refractivity contribution in [3.63, 3.8) is 0 Å². The number of nitrogens with zero attached hydrogens (tertiary/aromatic N) is 2. The number of carboxylic acid groups (broad SMARTS) is 1. The number of likely N-dealkylation sites (tertiary alicyclic amines) is 1. The Balaban J connectivity index is 1.41. The Kier molecular flexibility index (Phi) is 8.70. The Hall–Kier alpha value is -3.54. The van der Waals surface area contributed by atoms with Gasteiger partial charge in [-0.15, -0.1) is 0 Å². The predicted molar refractivity (Wildman–Crippen MR) is 138 cm³/mol. The fraction of sp³-hybridized carbons (Fsp3) is 0.379. The van der Waals surface area contributed by atoms with E-state index in [9.17, 15) is 18.7 Å². The Bertz CT molecular complexity index is 1300. The van der Waals surface area contributed by atoms with Crippen LogP contribution in [0, 0.1) is 35.3 Å². The SMILES string of the molecule is CN[C@H](CC[C@@H]1CCN(CC#Cc2cc(F)cc(F)c2)C[C@@H]1C(=O)O)c1ccnc2ccc(OC)cc12. The number of hydrogen-bond acceptors (Lipinski definition) is 5. The third kappa shape index (κ3) is 6.62. The molecule has 2 N–H and O–H groups in total. The number of rotatable bonds is 8. The lowest BCUT2D eigenvalue weighted by atomic mass is 9.81. The maximum Gasteiger partial charge on any atom is 0.308 e. The number of pyridine rings is 1. The van der Waals surface area contributed by atoms with Crippen molar-refractivity contribution < 1.29 is 23.4 Å². The van der Waals surface area contributed by atoms with Gasteiger partial charge in [0.05, 0.1) is 25.1 Å². The van der Waals surface area contributed by atoms with Gasteiger partial charge in [0.2, 0.25) is 0 Å². The van der Waals surface area contributed by atoms with Gasteiger partial charge in [-0.1, -0.05) is 11.8 Å². The standard InChI is InChI=1S/C29H31F2N3O3/c1-32-27(24-9-11-33-28-8-6-23(37-2)17-25(24)28)7-5-20-10-13-34(18-26(20)29(35)36)12-3-4-19-14-21(30)16-22(31)15-19/h6,8-9,11,14-17,20,26-27,32H,5,7,10,12-13,18H2,1-2H3,(H,35,36)/t20-,26+,27-/m1/s1. The molecule has 1 aromatic heterocycles. The first-order chi connectivity index (χ1) is 17.9. The first-order valence-electron chi connectivity index (χ1n) is 12.4. The average Bonchev–Trinajstić information content (AvgIpc) is 2.88. The maximum absolute atomic E-state index is 13.4. The monoisotopic (exact) mass is 507 g/mol. The summed E-state index contributed by atoms with van der Waals surface area (Å²) >= 11 is 0. The first kappa shape index (κ1) is 26.5. The zero-order valence-electron chi connectivity index (χ0n) is 21.0. The van der Waals surface area contributed by atoms with Crippen molar-refractivity contribution in [1.29, 1.82) is 0 Å². The van der Waals surface area contributed by atoms with Crippen LogP contribution in [0.1, 0.15) is 36.4 Å². The van der Waals surface area contributed by atoms with Crippen molar-refractivity contribution in [3.8, 4) is 17.6 Å². The van der Waals surface area contributed by atoms with Crippen molar-refractivity contribution in [2.24, 2.45) is 11.8 Å². The van der Waals surface area contributed by atoms with E-state index in [-0.39, 0.29) is 17.5 Å². The number of piperidine rings is 1. The van der Waals surface area contributed by atoms with E-state index in [1.54, 1.807) is 13.3 Å². The molecule has 1 aliphatic heterocycles. The minimum atomic E-state index is -0.810. The molecule has 2 heterocycles. The summed E-state index contributed by atoms with van der Waals surface area (Å²) in [5.41, 5.74) is 2.26. The van der Waals surface area contributed by atoms with Crippen LogP contribution >= 0.6 is 0 Å². The molecule has 37 heavy (non-hydrogen) atoms. The first-order valence-corrected chi connectivity index (χ1v) is 12.4. The second kappa shape index (κ2) is 12.1. The number of aliphatic carboxylic acids is 1. The van der Waals surface area contributed by atoms with Crippen LogP contribution in [0.15, 0.2) is 48.7 Å². The Morgan fingerprint density at radius 3 is 2.73 bits per heavy atom. The van der Waals surface area contributed by atoms with Gasteiger partial charge < -0.3 is 15.2 Å². The van der Waals surface area contributed by atoms with E-state index in [2.05, 4.69) is 22.1 Å². The normalized spacial score (nSPS) is 18.7. The van der Waals surface area contributed by atoms with Crippen LogP contribution in [-0.2, 0) is 4.79 Å². The third-order valence-electron chi connectivity index (χ3n) is 7.09. The van der Waals surface area contributed by atoms with Gasteiger partial charge in [-0.3, -0.25) is 14.7 Å². The molecule has 2 aromatic carbocycles. The minimum Gasteiger partial charge on any atom is -0.497 e. The van der Waals surface area contributed by atoms with Gasteiger partial charge in [0, 0.05) is 35.8 Å². The van der Waals surface area contributed by atoms with E-state index in [1.807, 2.05) is 36.2 Å². The molecular formula is C29H31F2N3O3. The molecular weight excluding hydrogens is 476 g/mol. The highest BCUT2D eigenvalue weighted by atomic mass is 19.1. The molecule has 0 unspecified atom stereocenters. The molecule has 3 aromatic rings. The summed E-state index contributed by atoms with van der Waals surface area (Å²) in [5, 5.41) is 14.4. The van der Waals surface area contributed by atoms with Gasteiger partial charge in [-0.05, 0) is 80.7 Å². The molecule has 1 saturated heterocycles. The molecule has 0 aliphatic carbocycles. The largest absolute Gasteiger partial charge is 0.497 e. The molecule has 3 atom stereocenters. The van der Waals surface area contributed by atoms with E-state index in [4.69, 9.17) is 4.74 Å². The van der Waals surface area contributed by atoms with Crippen molar-refractivity contribution in [3.05, 3.63) is 71.4 Å². The summed E-state index contributed by atoms with van der Waals surface area (Å²) in [4.78, 5) is 18.6.